The summed E-state index contributed by atoms with van der Waals surface area (Å²) in [6.45, 7) is 7.37. The fraction of sp³-hybridized carbons (Fsp3) is 0.391. The van der Waals surface area contributed by atoms with E-state index in [-0.39, 0.29) is 23.4 Å². The van der Waals surface area contributed by atoms with Crippen LogP contribution >= 0.6 is 0 Å². The molecule has 1 aliphatic heterocycles. The molecule has 1 saturated heterocycles. The summed E-state index contributed by atoms with van der Waals surface area (Å²) in [5.74, 6) is -0.530. The van der Waals surface area contributed by atoms with Gasteiger partial charge in [0, 0.05) is 26.2 Å². The molecule has 0 bridgehead atoms. The lowest BCUT2D eigenvalue weighted by molar-refractivity contribution is -0.126. The highest BCUT2D eigenvalue weighted by Gasteiger charge is 2.35. The maximum absolute atomic E-state index is 13.1. The van der Waals surface area contributed by atoms with Crippen molar-refractivity contribution in [1.82, 2.24) is 14.5 Å². The Balaban J connectivity index is 1.76. The van der Waals surface area contributed by atoms with Gasteiger partial charge in [-0.25, -0.2) is 13.2 Å². The minimum Gasteiger partial charge on any atom is -0.351 e. The lowest BCUT2D eigenvalue weighted by Gasteiger charge is -2.38. The van der Waals surface area contributed by atoms with Gasteiger partial charge in [-0.2, -0.15) is 4.31 Å². The summed E-state index contributed by atoms with van der Waals surface area (Å²) in [6.07, 6.45) is 0. The molecule has 2 aromatic rings. The van der Waals surface area contributed by atoms with Gasteiger partial charge in [0.1, 0.15) is 6.04 Å². The van der Waals surface area contributed by atoms with Gasteiger partial charge in [-0.1, -0.05) is 63.2 Å². The molecule has 0 saturated carbocycles. The van der Waals surface area contributed by atoms with Crippen LogP contribution < -0.4 is 11.1 Å². The van der Waals surface area contributed by atoms with Gasteiger partial charge in [-0.15, -0.1) is 0 Å². The molecule has 172 valence electrons. The average Bonchev–Trinajstić information content (AvgIpc) is 2.74. The standard InChI is InChI=1S/C23H30N4O4S/c1-23(2,3)18-9-11-19(12-10-18)32(30,31)27-15-13-26(14-16-27)20(21(28)25-22(24)29)17-7-5-4-6-8-17/h4-12,20H,13-16H2,1-3H3,(H3,24,25,28,29). The van der Waals surface area contributed by atoms with E-state index < -0.39 is 28.0 Å². The minimum absolute atomic E-state index is 0.0636. The summed E-state index contributed by atoms with van der Waals surface area (Å²) < 4.78 is 27.7. The number of nitrogens with zero attached hydrogens (tertiary/aromatic N) is 2. The Morgan fingerprint density at radius 2 is 1.50 bits per heavy atom. The van der Waals surface area contributed by atoms with Gasteiger partial charge in [0.25, 0.3) is 0 Å². The fourth-order valence-electron chi connectivity index (χ4n) is 3.83. The van der Waals surface area contributed by atoms with E-state index in [1.54, 1.807) is 24.3 Å². The number of piperazine rings is 1. The molecule has 9 heteroatoms. The van der Waals surface area contributed by atoms with Crippen molar-refractivity contribution in [3.8, 4) is 0 Å². The Bertz CT molecular complexity index is 1060. The number of carbonyl (C=O) groups excluding carboxylic acids is 2. The Kier molecular flexibility index (Phi) is 7.02. The molecule has 0 aromatic heterocycles. The Morgan fingerprint density at radius 3 is 2.00 bits per heavy atom. The van der Waals surface area contributed by atoms with E-state index >= 15 is 0 Å². The first-order valence-electron chi connectivity index (χ1n) is 10.5. The summed E-state index contributed by atoms with van der Waals surface area (Å²) in [5, 5.41) is 2.15. The monoisotopic (exact) mass is 458 g/mol. The highest BCUT2D eigenvalue weighted by atomic mass is 32.2. The Labute approximate surface area is 189 Å². The third-order valence-corrected chi connectivity index (χ3v) is 7.52. The van der Waals surface area contributed by atoms with Gasteiger partial charge in [0.2, 0.25) is 15.9 Å². The Hall–Kier alpha value is -2.75. The third-order valence-electron chi connectivity index (χ3n) is 5.61. The van der Waals surface area contributed by atoms with Crippen molar-refractivity contribution in [3.63, 3.8) is 0 Å². The topological polar surface area (TPSA) is 113 Å². The van der Waals surface area contributed by atoms with Gasteiger partial charge >= 0.3 is 6.03 Å². The maximum Gasteiger partial charge on any atom is 0.318 e. The first-order valence-corrected chi connectivity index (χ1v) is 11.9. The van der Waals surface area contributed by atoms with Crippen molar-refractivity contribution in [1.29, 1.82) is 0 Å². The second-order valence-corrected chi connectivity index (χ2v) is 10.8. The first-order chi connectivity index (χ1) is 15.0. The molecule has 1 fully saturated rings. The van der Waals surface area contributed by atoms with E-state index in [0.29, 0.717) is 18.7 Å². The predicted octanol–water partition coefficient (Wildman–Crippen LogP) is 2.23. The molecule has 1 atom stereocenters. The van der Waals surface area contributed by atoms with Crippen molar-refractivity contribution in [3.05, 3.63) is 65.7 Å². The van der Waals surface area contributed by atoms with Crippen LogP contribution in [0.3, 0.4) is 0 Å². The number of primary amides is 1. The highest BCUT2D eigenvalue weighted by Crippen LogP contribution is 2.27. The lowest BCUT2D eigenvalue weighted by Crippen LogP contribution is -2.53. The second kappa shape index (κ2) is 9.40. The summed E-state index contributed by atoms with van der Waals surface area (Å²) in [5.41, 5.74) is 6.85. The van der Waals surface area contributed by atoms with Crippen LogP contribution in [-0.4, -0.2) is 55.7 Å². The quantitative estimate of drug-likeness (QED) is 0.713. The number of hydrogen-bond acceptors (Lipinski definition) is 5. The van der Waals surface area contributed by atoms with Crippen molar-refractivity contribution < 1.29 is 18.0 Å². The predicted molar refractivity (Wildman–Crippen MR) is 122 cm³/mol. The van der Waals surface area contributed by atoms with E-state index in [4.69, 9.17) is 5.73 Å². The Morgan fingerprint density at radius 1 is 0.938 bits per heavy atom. The van der Waals surface area contributed by atoms with E-state index in [1.165, 1.54) is 4.31 Å². The molecule has 3 amide bonds. The highest BCUT2D eigenvalue weighted by molar-refractivity contribution is 7.89. The minimum atomic E-state index is -3.65. The number of carbonyl (C=O) groups is 2. The van der Waals surface area contributed by atoms with Crippen molar-refractivity contribution in [2.75, 3.05) is 26.2 Å². The van der Waals surface area contributed by atoms with Crippen molar-refractivity contribution in [2.24, 2.45) is 5.73 Å². The number of urea groups is 1. The molecule has 0 aliphatic carbocycles. The molecule has 0 radical (unpaired) electrons. The van der Waals surface area contributed by atoms with E-state index in [0.717, 1.165) is 5.56 Å². The molecule has 32 heavy (non-hydrogen) atoms. The van der Waals surface area contributed by atoms with Gasteiger partial charge in [0.15, 0.2) is 0 Å². The molecule has 1 aliphatic rings. The largest absolute Gasteiger partial charge is 0.351 e. The van der Waals surface area contributed by atoms with Crippen LogP contribution in [0.4, 0.5) is 4.79 Å². The smallest absolute Gasteiger partial charge is 0.318 e. The van der Waals surface area contributed by atoms with E-state index in [1.807, 2.05) is 35.2 Å². The van der Waals surface area contributed by atoms with Crippen LogP contribution in [0.2, 0.25) is 0 Å². The number of rotatable bonds is 5. The molecule has 1 unspecified atom stereocenters. The summed E-state index contributed by atoms with van der Waals surface area (Å²) in [7, 11) is -3.65. The number of nitrogens with two attached hydrogens (primary N) is 1. The number of imide groups is 1. The van der Waals surface area contributed by atoms with E-state index in [9.17, 15) is 18.0 Å². The SMILES string of the molecule is CC(C)(C)c1ccc(S(=O)(=O)N2CCN(C(C(=O)NC(N)=O)c3ccccc3)CC2)cc1. The average molecular weight is 459 g/mol. The van der Waals surface area contributed by atoms with Gasteiger partial charge < -0.3 is 5.73 Å². The summed E-state index contributed by atoms with van der Waals surface area (Å²) >= 11 is 0. The molecule has 2 aromatic carbocycles. The lowest BCUT2D eigenvalue weighted by atomic mass is 9.87. The number of benzene rings is 2. The van der Waals surface area contributed by atoms with Crippen LogP contribution in [0.15, 0.2) is 59.5 Å². The third kappa shape index (κ3) is 5.35. The number of nitrogens with one attached hydrogen (secondary N) is 1. The zero-order valence-electron chi connectivity index (χ0n) is 18.6. The van der Waals surface area contributed by atoms with Crippen LogP contribution in [0, 0.1) is 0 Å². The van der Waals surface area contributed by atoms with Crippen LogP contribution in [0.25, 0.3) is 0 Å². The van der Waals surface area contributed by atoms with Crippen LogP contribution in [-0.2, 0) is 20.2 Å². The molecular formula is C23H30N4O4S. The summed E-state index contributed by atoms with van der Waals surface area (Å²) in [4.78, 5) is 26.0. The van der Waals surface area contributed by atoms with Gasteiger partial charge in [-0.3, -0.25) is 15.0 Å². The van der Waals surface area contributed by atoms with E-state index in [2.05, 4.69) is 26.1 Å². The first kappa shape index (κ1) is 23.9. The zero-order valence-corrected chi connectivity index (χ0v) is 19.4. The number of hydrogen-bond donors (Lipinski definition) is 2. The maximum atomic E-state index is 13.1. The van der Waals surface area contributed by atoms with Crippen LogP contribution in [0.1, 0.15) is 37.9 Å². The molecule has 1 heterocycles. The normalized spacial score (nSPS) is 17.0. The molecule has 0 spiro atoms. The fourth-order valence-corrected chi connectivity index (χ4v) is 5.25. The molecule has 8 nitrogen and oxygen atoms in total. The molecular weight excluding hydrogens is 428 g/mol. The number of sulfonamides is 1. The number of amides is 3. The van der Waals surface area contributed by atoms with Gasteiger partial charge in [-0.05, 0) is 28.7 Å². The second-order valence-electron chi connectivity index (χ2n) is 8.88. The van der Waals surface area contributed by atoms with Gasteiger partial charge in [0.05, 0.1) is 4.90 Å². The van der Waals surface area contributed by atoms with Crippen molar-refractivity contribution >= 4 is 22.0 Å². The van der Waals surface area contributed by atoms with Crippen LogP contribution in [0.5, 0.6) is 0 Å². The zero-order chi connectivity index (χ0) is 23.5. The molecule has 3 rings (SSSR count). The summed E-state index contributed by atoms with van der Waals surface area (Å²) in [6, 6.07) is 14.4. The van der Waals surface area contributed by atoms with Crippen molar-refractivity contribution in [2.45, 2.75) is 37.1 Å². The molecule has 3 N–H and O–H groups in total.